The van der Waals surface area contributed by atoms with E-state index in [1.807, 2.05) is 24.3 Å². The number of rotatable bonds is 10. The van der Waals surface area contributed by atoms with Gasteiger partial charge >= 0.3 is 0 Å². The largest absolute Gasteiger partial charge is 0.508 e. The Morgan fingerprint density at radius 2 is 0.657 bits per heavy atom. The monoisotopic (exact) mass is 488 g/mol. The van der Waals surface area contributed by atoms with Crippen LogP contribution in [0.4, 0.5) is 0 Å². The first-order valence-corrected chi connectivity index (χ1v) is 13.8. The van der Waals surface area contributed by atoms with Crippen LogP contribution in [0.25, 0.3) is 0 Å². The number of benzene rings is 2. The van der Waals surface area contributed by atoms with Crippen LogP contribution >= 0.6 is 0 Å². The summed E-state index contributed by atoms with van der Waals surface area (Å²) in [5.74, 6) is 0.547. The van der Waals surface area contributed by atoms with Crippen LogP contribution in [0.2, 0.25) is 0 Å². The van der Waals surface area contributed by atoms with E-state index in [0.717, 1.165) is 11.1 Å². The Balaban J connectivity index is 0.000000549. The molecule has 4 heteroatoms. The first-order valence-electron chi connectivity index (χ1n) is 13.8. The normalized spacial score (nSPS) is 11.7. The molecule has 4 nitrogen and oxygen atoms in total. The molecule has 0 unspecified atom stereocenters. The van der Waals surface area contributed by atoms with Gasteiger partial charge in [0, 0.05) is 5.41 Å². The van der Waals surface area contributed by atoms with Gasteiger partial charge < -0.3 is 19.2 Å². The third-order valence-corrected chi connectivity index (χ3v) is 8.54. The molecular formula is C31H56N2O2+2. The van der Waals surface area contributed by atoms with Crippen LogP contribution in [0.15, 0.2) is 48.5 Å². The van der Waals surface area contributed by atoms with Crippen molar-refractivity contribution in [2.45, 2.75) is 74.7 Å². The molecule has 0 bridgehead atoms. The molecule has 0 saturated heterocycles. The van der Waals surface area contributed by atoms with Crippen molar-refractivity contribution in [3.8, 4) is 11.5 Å². The Kier molecular flexibility index (Phi) is 14.9. The highest BCUT2D eigenvalue weighted by atomic mass is 16.3. The van der Waals surface area contributed by atoms with Gasteiger partial charge in [-0.15, -0.1) is 0 Å². The number of aromatic hydroxyl groups is 2. The van der Waals surface area contributed by atoms with Crippen LogP contribution in [-0.2, 0) is 5.41 Å². The molecule has 2 N–H and O–H groups in total. The lowest BCUT2D eigenvalue weighted by Gasteiger charge is -2.34. The van der Waals surface area contributed by atoms with Crippen molar-refractivity contribution in [1.82, 2.24) is 0 Å². The quantitative estimate of drug-likeness (QED) is 0.347. The van der Waals surface area contributed by atoms with Crippen molar-refractivity contribution in [3.63, 3.8) is 0 Å². The summed E-state index contributed by atoms with van der Waals surface area (Å²) >= 11 is 0. The zero-order valence-electron chi connectivity index (χ0n) is 24.6. The molecule has 0 aliphatic heterocycles. The van der Waals surface area contributed by atoms with E-state index in [9.17, 15) is 10.2 Å². The molecule has 0 saturated carbocycles. The average Bonchev–Trinajstić information content (AvgIpc) is 2.89. The zero-order chi connectivity index (χ0) is 27.1. The van der Waals surface area contributed by atoms with Gasteiger partial charge in [0.1, 0.15) is 11.5 Å². The maximum Gasteiger partial charge on any atom is 0.115 e. The predicted octanol–water partition coefficient (Wildman–Crippen LogP) is 7.19. The first kappa shape index (κ1) is 33.0. The summed E-state index contributed by atoms with van der Waals surface area (Å²) in [6, 6.07) is 14.4. The van der Waals surface area contributed by atoms with Crippen LogP contribution in [0.3, 0.4) is 0 Å². The van der Waals surface area contributed by atoms with Crippen LogP contribution in [0.5, 0.6) is 11.5 Å². The minimum absolute atomic E-state index is 0.151. The average molecular weight is 489 g/mol. The highest BCUT2D eigenvalue weighted by molar-refractivity contribution is 5.41. The predicted molar refractivity (Wildman–Crippen MR) is 153 cm³/mol. The number of nitrogens with zero attached hydrogens (tertiary/aromatic N) is 2. The van der Waals surface area contributed by atoms with Crippen LogP contribution < -0.4 is 0 Å². The van der Waals surface area contributed by atoms with E-state index in [4.69, 9.17) is 0 Å². The Morgan fingerprint density at radius 3 is 0.800 bits per heavy atom. The third kappa shape index (κ3) is 9.85. The Labute approximate surface area is 217 Å². The van der Waals surface area contributed by atoms with Gasteiger partial charge in [0.25, 0.3) is 0 Å². The van der Waals surface area contributed by atoms with E-state index in [1.54, 1.807) is 24.3 Å². The fourth-order valence-electron chi connectivity index (χ4n) is 4.61. The van der Waals surface area contributed by atoms with E-state index >= 15 is 0 Å². The zero-order valence-corrected chi connectivity index (χ0v) is 24.6. The van der Waals surface area contributed by atoms with Crippen molar-refractivity contribution in [2.75, 3.05) is 52.4 Å². The fraction of sp³-hybridized carbons (Fsp3) is 0.613. The fourth-order valence-corrected chi connectivity index (χ4v) is 4.61. The van der Waals surface area contributed by atoms with E-state index in [1.165, 1.54) is 61.3 Å². The number of quaternary nitrogens is 2. The van der Waals surface area contributed by atoms with Gasteiger partial charge in [-0.1, -0.05) is 38.1 Å². The van der Waals surface area contributed by atoms with Gasteiger partial charge in [0.05, 0.1) is 52.4 Å². The molecule has 35 heavy (non-hydrogen) atoms. The molecule has 0 atom stereocenters. The topological polar surface area (TPSA) is 40.5 Å². The second-order valence-electron chi connectivity index (χ2n) is 9.93. The summed E-state index contributed by atoms with van der Waals surface area (Å²) < 4.78 is 2.56. The molecule has 2 aromatic rings. The minimum Gasteiger partial charge on any atom is -0.508 e. The second-order valence-corrected chi connectivity index (χ2v) is 9.93. The molecule has 0 heterocycles. The molecule has 200 valence electrons. The molecular weight excluding hydrogens is 432 g/mol. The summed E-state index contributed by atoms with van der Waals surface area (Å²) in [5, 5.41) is 18.6. The molecule has 2 rings (SSSR count). The van der Waals surface area contributed by atoms with Gasteiger partial charge in [0.2, 0.25) is 0 Å². The summed E-state index contributed by atoms with van der Waals surface area (Å²) in [5.41, 5.74) is 2.10. The third-order valence-electron chi connectivity index (χ3n) is 8.54. The molecule has 0 aliphatic rings. The van der Waals surface area contributed by atoms with E-state index in [-0.39, 0.29) is 16.9 Å². The van der Waals surface area contributed by atoms with Gasteiger partial charge in [-0.3, -0.25) is 0 Å². The summed E-state index contributed by atoms with van der Waals surface area (Å²) in [6.07, 6.45) is 0. The van der Waals surface area contributed by atoms with Crippen LogP contribution in [-0.4, -0.2) is 71.5 Å². The molecule has 0 aromatic heterocycles. The van der Waals surface area contributed by atoms with E-state index in [0.29, 0.717) is 0 Å². The van der Waals surface area contributed by atoms with E-state index < -0.39 is 0 Å². The molecule has 2 aromatic carbocycles. The Bertz CT molecular complexity index is 687. The van der Waals surface area contributed by atoms with E-state index in [2.05, 4.69) is 69.2 Å². The molecule has 0 radical (unpaired) electrons. The highest BCUT2D eigenvalue weighted by Crippen LogP contribution is 2.32. The smallest absolute Gasteiger partial charge is 0.115 e. The van der Waals surface area contributed by atoms with Crippen molar-refractivity contribution < 1.29 is 19.2 Å². The van der Waals surface area contributed by atoms with Gasteiger partial charge in [0.15, 0.2) is 0 Å². The molecule has 0 amide bonds. The maximum atomic E-state index is 9.30. The molecule has 0 fully saturated rings. The van der Waals surface area contributed by atoms with Gasteiger partial charge in [-0.25, -0.2) is 0 Å². The van der Waals surface area contributed by atoms with Crippen molar-refractivity contribution in [3.05, 3.63) is 59.7 Å². The highest BCUT2D eigenvalue weighted by Gasteiger charge is 2.23. The van der Waals surface area contributed by atoms with Crippen molar-refractivity contribution in [2.24, 2.45) is 0 Å². The SMILES string of the molecule is CC(C)(c1ccc(O)cc1)c1ccc(O)cc1.CC[N+](CC)(CC)CC.CC[N+](CC)(CC)CC. The van der Waals surface area contributed by atoms with Crippen LogP contribution in [0, 0.1) is 0 Å². The molecule has 0 spiro atoms. The lowest BCUT2D eigenvalue weighted by atomic mass is 9.78. The number of phenolic OH excluding ortho intramolecular Hbond substituents is 2. The lowest BCUT2D eigenvalue weighted by Crippen LogP contribution is -2.47. The standard InChI is InChI=1S/C15H16O2.2C8H20N/c1-15(2,11-3-7-13(16)8-4-11)12-5-9-14(17)10-6-12;2*1-5-9(6-2,7-3)8-4/h3-10,16-17H,1-2H3;2*5-8H2,1-4H3/q;2*+1. The second kappa shape index (κ2) is 15.9. The van der Waals surface area contributed by atoms with Gasteiger partial charge in [-0.2, -0.15) is 0 Å². The Hall–Kier alpha value is -2.04. The summed E-state index contributed by atoms with van der Waals surface area (Å²) in [6.45, 7) is 32.7. The van der Waals surface area contributed by atoms with Gasteiger partial charge in [-0.05, 0) is 90.8 Å². The molecule has 0 aliphatic carbocycles. The van der Waals surface area contributed by atoms with Crippen LogP contribution in [0.1, 0.15) is 80.4 Å². The Morgan fingerprint density at radius 1 is 0.457 bits per heavy atom. The maximum absolute atomic E-state index is 9.30. The van der Waals surface area contributed by atoms with Crippen molar-refractivity contribution >= 4 is 0 Å². The lowest BCUT2D eigenvalue weighted by molar-refractivity contribution is -0.921. The first-order chi connectivity index (χ1) is 16.5. The van der Waals surface area contributed by atoms with Crippen molar-refractivity contribution in [1.29, 1.82) is 0 Å². The summed E-state index contributed by atoms with van der Waals surface area (Å²) in [4.78, 5) is 0. The number of phenols is 2. The minimum atomic E-state index is -0.151. The number of hydrogen-bond donors (Lipinski definition) is 2. The summed E-state index contributed by atoms with van der Waals surface area (Å²) in [7, 11) is 0. The number of hydrogen-bond acceptors (Lipinski definition) is 2.